The number of halogens is 1. The van der Waals surface area contributed by atoms with Crippen molar-refractivity contribution in [3.05, 3.63) is 153 Å². The molecule has 0 spiro atoms. The van der Waals surface area contributed by atoms with Crippen LogP contribution in [0.3, 0.4) is 0 Å². The number of thiophene rings is 1. The number of benzene rings is 6. The summed E-state index contributed by atoms with van der Waals surface area (Å²) in [6.45, 7) is 28.2. The number of ether oxygens (including phenoxy) is 2. The monoisotopic (exact) mass is 846 g/mol. The number of anilines is 6. The minimum absolute atomic E-state index is 0.00709. The Labute approximate surface area is 372 Å². The fourth-order valence-corrected chi connectivity index (χ4v) is 9.64. The highest BCUT2D eigenvalue weighted by Crippen LogP contribution is 2.53. The van der Waals surface area contributed by atoms with Gasteiger partial charge < -0.3 is 19.3 Å². The number of rotatable bonds is 7. The van der Waals surface area contributed by atoms with E-state index in [4.69, 9.17) is 21.1 Å². The lowest BCUT2D eigenvalue weighted by Crippen LogP contribution is -2.19. The summed E-state index contributed by atoms with van der Waals surface area (Å²) in [6, 6.07) is 39.9. The minimum Gasteiger partial charge on any atom is -0.486 e. The highest BCUT2D eigenvalue weighted by molar-refractivity contribution is 7.17. The molecule has 6 aromatic carbocycles. The van der Waals surface area contributed by atoms with Crippen LogP contribution < -0.4 is 19.3 Å². The van der Waals surface area contributed by atoms with Crippen molar-refractivity contribution in [3.63, 3.8) is 0 Å². The van der Waals surface area contributed by atoms with E-state index in [2.05, 4.69) is 201 Å². The molecule has 0 atom stereocenters. The molecule has 8 rings (SSSR count). The van der Waals surface area contributed by atoms with Gasteiger partial charge in [0, 0.05) is 27.1 Å². The van der Waals surface area contributed by atoms with Crippen LogP contribution in [0.15, 0.2) is 115 Å². The molecule has 0 saturated heterocycles. The lowest BCUT2D eigenvalue weighted by molar-refractivity contribution is 0.171. The average Bonchev–Trinajstić information content (AvgIpc) is 3.63. The Morgan fingerprint density at radius 3 is 1.77 bits per heavy atom. The summed E-state index contributed by atoms with van der Waals surface area (Å²) < 4.78 is 13.5. The smallest absolute Gasteiger partial charge is 0.163 e. The van der Waals surface area contributed by atoms with E-state index in [1.807, 2.05) is 6.07 Å². The molecule has 1 aliphatic heterocycles. The van der Waals surface area contributed by atoms with Gasteiger partial charge in [-0.3, -0.25) is 0 Å². The van der Waals surface area contributed by atoms with E-state index in [0.717, 1.165) is 62.3 Å². The summed E-state index contributed by atoms with van der Waals surface area (Å²) in [5, 5.41) is 4.16. The number of nitrogens with zero attached hydrogens (tertiary/aromatic N) is 2. The molecule has 2 heterocycles. The Kier molecular flexibility index (Phi) is 11.1. The summed E-state index contributed by atoms with van der Waals surface area (Å²) >= 11 is 9.89. The van der Waals surface area contributed by atoms with Crippen LogP contribution in [0.5, 0.6) is 11.5 Å². The summed E-state index contributed by atoms with van der Waals surface area (Å²) in [5.41, 5.74) is 15.5. The van der Waals surface area contributed by atoms with Gasteiger partial charge in [-0.05, 0) is 124 Å². The number of hydrogen-bond acceptors (Lipinski definition) is 5. The van der Waals surface area contributed by atoms with Gasteiger partial charge in [-0.1, -0.05) is 129 Å². The van der Waals surface area contributed by atoms with Crippen LogP contribution in [0.2, 0.25) is 5.02 Å². The van der Waals surface area contributed by atoms with Crippen molar-refractivity contribution >= 4 is 67.1 Å². The zero-order chi connectivity index (χ0) is 43.6. The number of fused-ring (bicyclic) bond motifs is 2. The van der Waals surface area contributed by atoms with Gasteiger partial charge in [-0.15, -0.1) is 11.3 Å². The molecule has 0 amide bonds. The SMILES string of the molecule is Cc1cc(N(c2ccc3c(c2)OCCO3)c2ccc(C(C)(C)C)cc2-c2ccccc2)c(Cl)c(N(c2c(C)cc(C(C)(C)C)cc2C)c2csc3ccc(C(C)(C)C)cc23)c1. The summed E-state index contributed by atoms with van der Waals surface area (Å²) in [7, 11) is 0. The van der Waals surface area contributed by atoms with E-state index in [-0.39, 0.29) is 16.2 Å². The first kappa shape index (κ1) is 42.5. The maximum Gasteiger partial charge on any atom is 0.163 e. The molecule has 0 bridgehead atoms. The van der Waals surface area contributed by atoms with Crippen molar-refractivity contribution in [3.8, 4) is 22.6 Å². The van der Waals surface area contributed by atoms with Crippen molar-refractivity contribution in [2.45, 2.75) is 99.3 Å². The largest absolute Gasteiger partial charge is 0.486 e. The molecule has 6 heteroatoms. The summed E-state index contributed by atoms with van der Waals surface area (Å²) in [4.78, 5) is 4.75. The highest BCUT2D eigenvalue weighted by atomic mass is 35.5. The lowest BCUT2D eigenvalue weighted by Gasteiger charge is -2.35. The van der Waals surface area contributed by atoms with E-state index in [1.165, 1.54) is 37.9 Å². The van der Waals surface area contributed by atoms with Gasteiger partial charge in [-0.2, -0.15) is 0 Å². The van der Waals surface area contributed by atoms with E-state index >= 15 is 0 Å². The van der Waals surface area contributed by atoms with Crippen LogP contribution in [-0.2, 0) is 16.2 Å². The molecule has 1 aromatic heterocycles. The first-order valence-corrected chi connectivity index (χ1v) is 22.7. The van der Waals surface area contributed by atoms with Gasteiger partial charge >= 0.3 is 0 Å². The molecule has 0 saturated carbocycles. The fraction of sp³-hybridized carbons (Fsp3) is 0.309. The number of hydrogen-bond donors (Lipinski definition) is 0. The Morgan fingerprint density at radius 2 is 1.13 bits per heavy atom. The second-order valence-corrected chi connectivity index (χ2v) is 21.0. The average molecular weight is 848 g/mol. The van der Waals surface area contributed by atoms with Gasteiger partial charge in [0.15, 0.2) is 11.5 Å². The molecule has 0 aliphatic carbocycles. The molecule has 7 aromatic rings. The second kappa shape index (κ2) is 15.9. The highest BCUT2D eigenvalue weighted by Gasteiger charge is 2.30. The molecule has 0 unspecified atom stereocenters. The normalized spacial score (nSPS) is 13.1. The van der Waals surface area contributed by atoms with E-state index in [0.29, 0.717) is 18.2 Å². The molecular formula is C55H59ClN2O2S. The lowest BCUT2D eigenvalue weighted by atomic mass is 9.84. The summed E-state index contributed by atoms with van der Waals surface area (Å²) in [5.74, 6) is 1.46. The van der Waals surface area contributed by atoms with Crippen LogP contribution in [0.4, 0.5) is 34.1 Å². The maximum absolute atomic E-state index is 8.11. The Hall–Kier alpha value is -5.23. The third-order valence-corrected chi connectivity index (χ3v) is 13.2. The van der Waals surface area contributed by atoms with Crippen molar-refractivity contribution in [2.75, 3.05) is 23.0 Å². The van der Waals surface area contributed by atoms with Gasteiger partial charge in [0.2, 0.25) is 0 Å². The Balaban J connectivity index is 1.45. The first-order chi connectivity index (χ1) is 28.8. The topological polar surface area (TPSA) is 24.9 Å². The Morgan fingerprint density at radius 1 is 0.541 bits per heavy atom. The molecule has 314 valence electrons. The maximum atomic E-state index is 8.11. The molecule has 0 N–H and O–H groups in total. The van der Waals surface area contributed by atoms with Gasteiger partial charge in [0.05, 0.1) is 39.1 Å². The van der Waals surface area contributed by atoms with E-state index in [9.17, 15) is 0 Å². The zero-order valence-corrected chi connectivity index (χ0v) is 39.5. The van der Waals surface area contributed by atoms with E-state index < -0.39 is 0 Å². The quantitative estimate of drug-likeness (QED) is 0.160. The zero-order valence-electron chi connectivity index (χ0n) is 37.9. The van der Waals surface area contributed by atoms with Gasteiger partial charge in [0.25, 0.3) is 0 Å². The molecule has 61 heavy (non-hydrogen) atoms. The molecule has 0 radical (unpaired) electrons. The minimum atomic E-state index is -0.0625. The third-order valence-electron chi connectivity index (χ3n) is 11.9. The van der Waals surface area contributed by atoms with Crippen molar-refractivity contribution in [2.24, 2.45) is 0 Å². The van der Waals surface area contributed by atoms with E-state index in [1.54, 1.807) is 11.3 Å². The summed E-state index contributed by atoms with van der Waals surface area (Å²) in [6.07, 6.45) is 0. The van der Waals surface area contributed by atoms with Gasteiger partial charge in [0.1, 0.15) is 13.2 Å². The predicted octanol–water partition coefficient (Wildman–Crippen LogP) is 16.8. The van der Waals surface area contributed by atoms with Crippen LogP contribution in [0.25, 0.3) is 21.2 Å². The fourth-order valence-electron chi connectivity index (χ4n) is 8.45. The van der Waals surface area contributed by atoms with Crippen molar-refractivity contribution in [1.82, 2.24) is 0 Å². The molecular weight excluding hydrogens is 788 g/mol. The van der Waals surface area contributed by atoms with Crippen LogP contribution in [0, 0.1) is 20.8 Å². The van der Waals surface area contributed by atoms with Gasteiger partial charge in [-0.25, -0.2) is 0 Å². The van der Waals surface area contributed by atoms with Crippen LogP contribution in [0.1, 0.15) is 95.7 Å². The predicted molar refractivity (Wildman–Crippen MR) is 263 cm³/mol. The molecule has 4 nitrogen and oxygen atoms in total. The van der Waals surface area contributed by atoms with Crippen molar-refractivity contribution in [1.29, 1.82) is 0 Å². The molecule has 1 aliphatic rings. The van der Waals surface area contributed by atoms with Crippen molar-refractivity contribution < 1.29 is 9.47 Å². The second-order valence-electron chi connectivity index (χ2n) is 19.8. The third kappa shape index (κ3) is 8.27. The van der Waals surface area contributed by atoms with Crippen LogP contribution in [-0.4, -0.2) is 13.2 Å². The standard InChI is InChI=1S/C55H59ClN2O2S/c1-34-26-45(57(41-20-22-48-49(32-41)60-25-24-59-48)44-21-18-38(53(4,5)6)30-42(44)37-16-14-13-15-17-37)51(56)46(27-34)58(52-35(2)28-40(29-36(52)3)55(10,11)12)47-33-61-50-23-19-39(31-43(47)50)54(7,8)9/h13-23,26-33H,24-25H2,1-12H3. The molecule has 0 fully saturated rings. The first-order valence-electron chi connectivity index (χ1n) is 21.4. The Bertz CT molecular complexity index is 2740. The number of aryl methyl sites for hydroxylation is 3. The van der Waals surface area contributed by atoms with Crippen LogP contribution >= 0.6 is 22.9 Å².